The quantitative estimate of drug-likeness (QED) is 0.403. The number of ether oxygens (including phenoxy) is 2. The summed E-state index contributed by atoms with van der Waals surface area (Å²) < 4.78 is 10.3. The van der Waals surface area contributed by atoms with Crippen LogP contribution < -0.4 is 20.7 Å². The molecule has 0 spiro atoms. The number of nitrogens with one attached hydrogen (secondary N) is 3. The van der Waals surface area contributed by atoms with E-state index in [0.717, 1.165) is 5.56 Å². The van der Waals surface area contributed by atoms with Gasteiger partial charge < -0.3 is 25.4 Å². The Kier molecular flexibility index (Phi) is 8.36. The number of aryl methyl sites for hydroxylation is 1. The van der Waals surface area contributed by atoms with E-state index in [2.05, 4.69) is 16.0 Å². The molecule has 3 amide bonds. The summed E-state index contributed by atoms with van der Waals surface area (Å²) in [6.07, 6.45) is 0. The summed E-state index contributed by atoms with van der Waals surface area (Å²) in [5.74, 6) is -1.77. The summed E-state index contributed by atoms with van der Waals surface area (Å²) >= 11 is 1.27. The minimum atomic E-state index is -0.786. The van der Waals surface area contributed by atoms with Crippen molar-refractivity contribution in [2.45, 2.75) is 6.92 Å². The molecule has 0 bridgehead atoms. The zero-order valence-electron chi connectivity index (χ0n) is 18.5. The Balaban J connectivity index is 1.50. The Labute approximate surface area is 200 Å². The molecule has 0 fully saturated rings. The number of para-hydroxylation sites is 1. The Bertz CT molecular complexity index is 1190. The van der Waals surface area contributed by atoms with Gasteiger partial charge >= 0.3 is 5.97 Å². The SMILES string of the molecule is COc1ccc(C)cc1NC(=O)CNC(=O)COC(=O)c1ccccc1NC(=O)c1cccs1. The molecule has 10 heteroatoms. The van der Waals surface area contributed by atoms with Crippen LogP contribution in [0, 0.1) is 6.92 Å². The van der Waals surface area contributed by atoms with Crippen LogP contribution in [0.5, 0.6) is 5.75 Å². The number of amides is 3. The molecule has 3 rings (SSSR count). The predicted molar refractivity (Wildman–Crippen MR) is 128 cm³/mol. The van der Waals surface area contributed by atoms with E-state index in [9.17, 15) is 19.2 Å². The van der Waals surface area contributed by atoms with Gasteiger partial charge in [-0.15, -0.1) is 11.3 Å². The lowest BCUT2D eigenvalue weighted by atomic mass is 10.2. The highest BCUT2D eigenvalue weighted by molar-refractivity contribution is 7.12. The number of hydrogen-bond acceptors (Lipinski definition) is 7. The zero-order valence-corrected chi connectivity index (χ0v) is 19.4. The molecule has 9 nitrogen and oxygen atoms in total. The first kappa shape index (κ1) is 24.5. The lowest BCUT2D eigenvalue weighted by Gasteiger charge is -2.12. The second kappa shape index (κ2) is 11.6. The van der Waals surface area contributed by atoms with Crippen LogP contribution in [0.15, 0.2) is 60.0 Å². The van der Waals surface area contributed by atoms with Crippen molar-refractivity contribution < 1.29 is 28.7 Å². The first-order valence-corrected chi connectivity index (χ1v) is 11.1. The van der Waals surface area contributed by atoms with Crippen molar-refractivity contribution in [3.63, 3.8) is 0 Å². The molecule has 0 saturated carbocycles. The van der Waals surface area contributed by atoms with Crippen molar-refractivity contribution in [2.24, 2.45) is 0 Å². The first-order valence-electron chi connectivity index (χ1n) is 10.2. The summed E-state index contributed by atoms with van der Waals surface area (Å²) in [6, 6.07) is 15.0. The van der Waals surface area contributed by atoms with Gasteiger partial charge in [0.1, 0.15) is 5.75 Å². The highest BCUT2D eigenvalue weighted by Crippen LogP contribution is 2.25. The smallest absolute Gasteiger partial charge is 0.340 e. The topological polar surface area (TPSA) is 123 Å². The van der Waals surface area contributed by atoms with Crippen LogP contribution in [0.1, 0.15) is 25.6 Å². The maximum absolute atomic E-state index is 12.5. The Morgan fingerprint density at radius 1 is 0.912 bits per heavy atom. The van der Waals surface area contributed by atoms with E-state index >= 15 is 0 Å². The van der Waals surface area contributed by atoms with Crippen molar-refractivity contribution >= 4 is 46.4 Å². The molecular weight excluding hydrogens is 458 g/mol. The van der Waals surface area contributed by atoms with Crippen molar-refractivity contribution in [1.29, 1.82) is 0 Å². The standard InChI is InChI=1S/C24H23N3O6S/c1-15-9-10-19(32-2)18(12-15)26-21(28)13-25-22(29)14-33-24(31)16-6-3-4-7-17(16)27-23(30)20-8-5-11-34-20/h3-12H,13-14H2,1-2H3,(H,25,29)(H,26,28)(H,27,30). The molecule has 0 aliphatic heterocycles. The van der Waals surface area contributed by atoms with Crippen molar-refractivity contribution in [2.75, 3.05) is 30.9 Å². The number of carbonyl (C=O) groups is 4. The molecule has 0 radical (unpaired) electrons. The van der Waals surface area contributed by atoms with Gasteiger partial charge in [-0.05, 0) is 48.2 Å². The largest absolute Gasteiger partial charge is 0.495 e. The second-order valence-corrected chi connectivity index (χ2v) is 8.03. The van der Waals surface area contributed by atoms with Gasteiger partial charge in [-0.25, -0.2) is 4.79 Å². The normalized spacial score (nSPS) is 10.2. The van der Waals surface area contributed by atoms with Gasteiger partial charge in [0.25, 0.3) is 11.8 Å². The van der Waals surface area contributed by atoms with Gasteiger partial charge in [0, 0.05) is 0 Å². The fraction of sp³-hybridized carbons (Fsp3) is 0.167. The fourth-order valence-electron chi connectivity index (χ4n) is 2.91. The van der Waals surface area contributed by atoms with Gasteiger partial charge in [0.15, 0.2) is 6.61 Å². The van der Waals surface area contributed by atoms with E-state index in [1.54, 1.807) is 47.8 Å². The molecule has 34 heavy (non-hydrogen) atoms. The van der Waals surface area contributed by atoms with E-state index in [4.69, 9.17) is 9.47 Å². The maximum Gasteiger partial charge on any atom is 0.340 e. The van der Waals surface area contributed by atoms with Crippen LogP contribution in [-0.4, -0.2) is 44.0 Å². The monoisotopic (exact) mass is 481 g/mol. The van der Waals surface area contributed by atoms with Crippen LogP contribution >= 0.6 is 11.3 Å². The molecule has 0 atom stereocenters. The minimum Gasteiger partial charge on any atom is -0.495 e. The first-order chi connectivity index (χ1) is 16.4. The maximum atomic E-state index is 12.5. The number of anilines is 2. The molecule has 0 saturated heterocycles. The third-order valence-corrected chi connectivity index (χ3v) is 5.42. The van der Waals surface area contributed by atoms with Gasteiger partial charge in [-0.2, -0.15) is 0 Å². The van der Waals surface area contributed by atoms with Gasteiger partial charge in [0.05, 0.1) is 35.5 Å². The van der Waals surface area contributed by atoms with Crippen LogP contribution in [0.4, 0.5) is 11.4 Å². The Hall–Kier alpha value is -4.18. The van der Waals surface area contributed by atoms with Gasteiger partial charge in [-0.3, -0.25) is 14.4 Å². The lowest BCUT2D eigenvalue weighted by Crippen LogP contribution is -2.35. The highest BCUT2D eigenvalue weighted by Gasteiger charge is 2.17. The molecular formula is C24H23N3O6S. The summed E-state index contributed by atoms with van der Waals surface area (Å²) in [5, 5.41) is 9.48. The molecule has 1 heterocycles. The van der Waals surface area contributed by atoms with Crippen molar-refractivity contribution in [3.05, 3.63) is 76.0 Å². The minimum absolute atomic E-state index is 0.101. The van der Waals surface area contributed by atoms with E-state index in [-0.39, 0.29) is 23.7 Å². The molecule has 3 N–H and O–H groups in total. The third-order valence-electron chi connectivity index (χ3n) is 4.55. The number of rotatable bonds is 9. The second-order valence-electron chi connectivity index (χ2n) is 7.08. The molecule has 0 aliphatic rings. The Morgan fingerprint density at radius 2 is 1.71 bits per heavy atom. The summed E-state index contributed by atoms with van der Waals surface area (Å²) in [4.78, 5) is 49.5. The van der Waals surface area contributed by atoms with Crippen LogP contribution in [0.3, 0.4) is 0 Å². The molecule has 1 aromatic heterocycles. The molecule has 176 valence electrons. The zero-order chi connectivity index (χ0) is 24.5. The van der Waals surface area contributed by atoms with Crippen molar-refractivity contribution in [1.82, 2.24) is 5.32 Å². The fourth-order valence-corrected chi connectivity index (χ4v) is 3.53. The number of carbonyl (C=O) groups excluding carboxylic acids is 4. The average Bonchev–Trinajstić information content (AvgIpc) is 3.37. The van der Waals surface area contributed by atoms with Gasteiger partial charge in [-0.1, -0.05) is 24.3 Å². The number of methoxy groups -OCH3 is 1. The van der Waals surface area contributed by atoms with Crippen LogP contribution in [0.2, 0.25) is 0 Å². The van der Waals surface area contributed by atoms with E-state index in [1.165, 1.54) is 24.5 Å². The number of esters is 1. The van der Waals surface area contributed by atoms with Crippen LogP contribution in [0.25, 0.3) is 0 Å². The third kappa shape index (κ3) is 6.66. The highest BCUT2D eigenvalue weighted by atomic mass is 32.1. The number of hydrogen-bond donors (Lipinski definition) is 3. The number of benzene rings is 2. The summed E-state index contributed by atoms with van der Waals surface area (Å²) in [7, 11) is 1.49. The Morgan fingerprint density at radius 3 is 2.44 bits per heavy atom. The van der Waals surface area contributed by atoms with Crippen molar-refractivity contribution in [3.8, 4) is 5.75 Å². The van der Waals surface area contributed by atoms with E-state index in [1.807, 2.05) is 13.0 Å². The summed E-state index contributed by atoms with van der Waals surface area (Å²) in [6.45, 7) is 0.963. The van der Waals surface area contributed by atoms with Crippen LogP contribution in [-0.2, 0) is 14.3 Å². The number of thiophene rings is 1. The summed E-state index contributed by atoms with van der Waals surface area (Å²) in [5.41, 5.74) is 1.77. The molecule has 2 aromatic carbocycles. The average molecular weight is 482 g/mol. The van der Waals surface area contributed by atoms with E-state index in [0.29, 0.717) is 16.3 Å². The molecule has 3 aromatic rings. The lowest BCUT2D eigenvalue weighted by molar-refractivity contribution is -0.126. The van der Waals surface area contributed by atoms with Gasteiger partial charge in [0.2, 0.25) is 5.91 Å². The predicted octanol–water partition coefficient (Wildman–Crippen LogP) is 3.23. The van der Waals surface area contributed by atoms with E-state index < -0.39 is 24.4 Å². The molecule has 0 unspecified atom stereocenters. The molecule has 0 aliphatic carbocycles.